The number of carbonyl (C=O) groups excluding carboxylic acids is 1. The van der Waals surface area contributed by atoms with E-state index >= 15 is 0 Å². The quantitative estimate of drug-likeness (QED) is 0.832. The first kappa shape index (κ1) is 14.3. The summed E-state index contributed by atoms with van der Waals surface area (Å²) in [6.45, 7) is 2.38. The molecule has 0 saturated heterocycles. The molecule has 20 heavy (non-hydrogen) atoms. The van der Waals surface area contributed by atoms with E-state index < -0.39 is 0 Å². The summed E-state index contributed by atoms with van der Waals surface area (Å²) in [4.78, 5) is 14.0. The Balaban J connectivity index is 2.03. The van der Waals surface area contributed by atoms with Gasteiger partial charge in [0.15, 0.2) is 0 Å². The zero-order valence-corrected chi connectivity index (χ0v) is 11.7. The van der Waals surface area contributed by atoms with Gasteiger partial charge in [-0.3, -0.25) is 4.79 Å². The molecule has 0 fully saturated rings. The number of hydrogen-bond donors (Lipinski definition) is 0. The van der Waals surface area contributed by atoms with Gasteiger partial charge < -0.3 is 4.90 Å². The van der Waals surface area contributed by atoms with Gasteiger partial charge in [0.25, 0.3) is 0 Å². The number of amides is 1. The van der Waals surface area contributed by atoms with Crippen LogP contribution in [0.1, 0.15) is 24.0 Å². The Morgan fingerprint density at radius 2 is 1.70 bits per heavy atom. The lowest BCUT2D eigenvalue weighted by atomic mass is 10.00. The predicted molar refractivity (Wildman–Crippen MR) is 77.7 cm³/mol. The third kappa shape index (κ3) is 3.44. The van der Waals surface area contributed by atoms with E-state index in [1.807, 2.05) is 37.3 Å². The van der Waals surface area contributed by atoms with Crippen LogP contribution in [-0.4, -0.2) is 17.9 Å². The summed E-state index contributed by atoms with van der Waals surface area (Å²) >= 11 is 0. The minimum absolute atomic E-state index is 0.0560. The number of nitrogens with zero attached hydrogens (tertiary/aromatic N) is 1. The summed E-state index contributed by atoms with van der Waals surface area (Å²) in [6.07, 6.45) is 0. The second-order valence-electron chi connectivity index (χ2n) is 4.95. The number of benzene rings is 2. The maximum absolute atomic E-state index is 12.9. The lowest BCUT2D eigenvalue weighted by Crippen LogP contribution is -2.30. The maximum Gasteiger partial charge on any atom is 0.229 e. The lowest BCUT2D eigenvalue weighted by molar-refractivity contribution is -0.131. The maximum atomic E-state index is 12.9. The van der Waals surface area contributed by atoms with Gasteiger partial charge in [-0.15, -0.1) is 0 Å². The zero-order chi connectivity index (χ0) is 14.5. The van der Waals surface area contributed by atoms with Crippen molar-refractivity contribution in [2.45, 2.75) is 19.4 Å². The number of likely N-dealkylation sites (N-methyl/N-ethyl adjacent to an activating group) is 1. The Kier molecular flexibility index (Phi) is 4.51. The van der Waals surface area contributed by atoms with Crippen LogP contribution in [0.15, 0.2) is 54.6 Å². The van der Waals surface area contributed by atoms with Gasteiger partial charge in [0.1, 0.15) is 5.82 Å². The standard InChI is InChI=1S/C17H18FNO/c1-13(15-6-4-3-5-7-15)17(20)19(2)12-14-8-10-16(18)11-9-14/h3-11,13H,12H2,1-2H3. The van der Waals surface area contributed by atoms with Crippen molar-refractivity contribution in [3.63, 3.8) is 0 Å². The molecule has 0 N–H and O–H groups in total. The first-order valence-corrected chi connectivity index (χ1v) is 6.62. The Labute approximate surface area is 118 Å². The predicted octanol–water partition coefficient (Wildman–Crippen LogP) is 3.59. The van der Waals surface area contributed by atoms with Gasteiger partial charge in [-0.2, -0.15) is 0 Å². The minimum atomic E-state index is -0.264. The smallest absolute Gasteiger partial charge is 0.229 e. The van der Waals surface area contributed by atoms with Crippen molar-refractivity contribution in [2.24, 2.45) is 0 Å². The molecule has 0 aliphatic rings. The van der Waals surface area contributed by atoms with Crippen molar-refractivity contribution in [1.82, 2.24) is 4.90 Å². The summed E-state index contributed by atoms with van der Waals surface area (Å²) in [7, 11) is 1.77. The highest BCUT2D eigenvalue weighted by Gasteiger charge is 2.19. The molecule has 2 aromatic carbocycles. The Hall–Kier alpha value is -2.16. The van der Waals surface area contributed by atoms with Crippen LogP contribution in [0.5, 0.6) is 0 Å². The SMILES string of the molecule is CC(C(=O)N(C)Cc1ccc(F)cc1)c1ccccc1. The van der Waals surface area contributed by atoms with E-state index in [2.05, 4.69) is 0 Å². The highest BCUT2D eigenvalue weighted by Crippen LogP contribution is 2.18. The fourth-order valence-electron chi connectivity index (χ4n) is 2.16. The second kappa shape index (κ2) is 6.33. The van der Waals surface area contributed by atoms with Gasteiger partial charge in [0.2, 0.25) is 5.91 Å². The number of rotatable bonds is 4. The molecular weight excluding hydrogens is 253 g/mol. The third-order valence-corrected chi connectivity index (χ3v) is 3.38. The topological polar surface area (TPSA) is 20.3 Å². The van der Waals surface area contributed by atoms with Crippen LogP contribution >= 0.6 is 0 Å². The van der Waals surface area contributed by atoms with Gasteiger partial charge >= 0.3 is 0 Å². The van der Waals surface area contributed by atoms with Gasteiger partial charge in [-0.25, -0.2) is 4.39 Å². The van der Waals surface area contributed by atoms with Crippen molar-refractivity contribution in [3.8, 4) is 0 Å². The minimum Gasteiger partial charge on any atom is -0.341 e. The molecule has 0 saturated carbocycles. The van der Waals surface area contributed by atoms with Crippen LogP contribution in [-0.2, 0) is 11.3 Å². The van der Waals surface area contributed by atoms with Crippen LogP contribution in [0, 0.1) is 5.82 Å². The summed E-state index contributed by atoms with van der Waals surface area (Å²) < 4.78 is 12.9. The van der Waals surface area contributed by atoms with Gasteiger partial charge in [0.05, 0.1) is 5.92 Å². The van der Waals surface area contributed by atoms with E-state index in [-0.39, 0.29) is 17.6 Å². The number of hydrogen-bond acceptors (Lipinski definition) is 1. The van der Waals surface area contributed by atoms with Crippen LogP contribution in [0.2, 0.25) is 0 Å². The lowest BCUT2D eigenvalue weighted by Gasteiger charge is -2.21. The van der Waals surface area contributed by atoms with Gasteiger partial charge in [-0.05, 0) is 30.2 Å². The second-order valence-corrected chi connectivity index (χ2v) is 4.95. The fraction of sp³-hybridized carbons (Fsp3) is 0.235. The van der Waals surface area contributed by atoms with Crippen molar-refractivity contribution in [2.75, 3.05) is 7.05 Å². The van der Waals surface area contributed by atoms with Crippen molar-refractivity contribution >= 4 is 5.91 Å². The summed E-state index contributed by atoms with van der Waals surface area (Å²) in [5.41, 5.74) is 1.92. The van der Waals surface area contributed by atoms with E-state index in [4.69, 9.17) is 0 Å². The Morgan fingerprint density at radius 1 is 1.10 bits per heavy atom. The molecule has 0 heterocycles. The molecule has 0 aliphatic carbocycles. The average Bonchev–Trinajstić information content (AvgIpc) is 2.49. The van der Waals surface area contributed by atoms with Crippen molar-refractivity contribution in [3.05, 3.63) is 71.5 Å². The highest BCUT2D eigenvalue weighted by atomic mass is 19.1. The zero-order valence-electron chi connectivity index (χ0n) is 11.7. The van der Waals surface area contributed by atoms with E-state index in [1.54, 1.807) is 24.1 Å². The van der Waals surface area contributed by atoms with Crippen molar-refractivity contribution in [1.29, 1.82) is 0 Å². The molecule has 2 nitrogen and oxygen atoms in total. The molecule has 2 aromatic rings. The number of halogens is 1. The first-order chi connectivity index (χ1) is 9.58. The van der Waals surface area contributed by atoms with Gasteiger partial charge in [-0.1, -0.05) is 42.5 Å². The molecule has 3 heteroatoms. The molecule has 1 atom stereocenters. The molecule has 1 amide bonds. The van der Waals surface area contributed by atoms with E-state index in [1.165, 1.54) is 12.1 Å². The molecule has 0 aromatic heterocycles. The van der Waals surface area contributed by atoms with E-state index in [0.29, 0.717) is 6.54 Å². The van der Waals surface area contributed by atoms with Crippen molar-refractivity contribution < 1.29 is 9.18 Å². The third-order valence-electron chi connectivity index (χ3n) is 3.38. The molecule has 104 valence electrons. The summed E-state index contributed by atoms with van der Waals surface area (Å²) in [5, 5.41) is 0. The van der Waals surface area contributed by atoms with Gasteiger partial charge in [0, 0.05) is 13.6 Å². The monoisotopic (exact) mass is 271 g/mol. The largest absolute Gasteiger partial charge is 0.341 e. The number of carbonyl (C=O) groups is 1. The Bertz CT molecular complexity index is 565. The highest BCUT2D eigenvalue weighted by molar-refractivity contribution is 5.83. The van der Waals surface area contributed by atoms with E-state index in [9.17, 15) is 9.18 Å². The van der Waals surface area contributed by atoms with Crippen LogP contribution in [0.3, 0.4) is 0 Å². The van der Waals surface area contributed by atoms with Crippen LogP contribution in [0.25, 0.3) is 0 Å². The fourth-order valence-corrected chi connectivity index (χ4v) is 2.16. The molecule has 0 spiro atoms. The van der Waals surface area contributed by atoms with Crippen LogP contribution < -0.4 is 0 Å². The molecule has 2 rings (SSSR count). The first-order valence-electron chi connectivity index (χ1n) is 6.62. The normalized spacial score (nSPS) is 11.9. The van der Waals surface area contributed by atoms with E-state index in [0.717, 1.165) is 11.1 Å². The summed E-state index contributed by atoms with van der Waals surface area (Å²) in [6, 6.07) is 15.9. The Morgan fingerprint density at radius 3 is 2.30 bits per heavy atom. The molecule has 0 bridgehead atoms. The summed E-state index contributed by atoms with van der Waals surface area (Å²) in [5.74, 6) is -0.387. The molecule has 0 radical (unpaired) electrons. The average molecular weight is 271 g/mol. The van der Waals surface area contributed by atoms with Crippen LogP contribution in [0.4, 0.5) is 4.39 Å². The molecular formula is C17H18FNO. The molecule has 0 aliphatic heterocycles. The molecule has 1 unspecified atom stereocenters.